The van der Waals surface area contributed by atoms with Crippen LogP contribution in [-0.2, 0) is 11.2 Å². The summed E-state index contributed by atoms with van der Waals surface area (Å²) in [5, 5.41) is 11.2. The third-order valence-corrected chi connectivity index (χ3v) is 5.78. The normalized spacial score (nSPS) is 17.2. The second kappa shape index (κ2) is 7.33. The maximum absolute atomic E-state index is 12.3. The highest BCUT2D eigenvalue weighted by Crippen LogP contribution is 2.32. The fraction of sp³-hybridized carbons (Fsp3) is 0.474. The Morgan fingerprint density at radius 3 is 2.90 bits per heavy atom. The molecule has 29 heavy (non-hydrogen) atoms. The minimum Gasteiger partial charge on any atom is -0.444 e. The zero-order valence-corrected chi connectivity index (χ0v) is 18.2. The number of halogens is 1. The largest absolute Gasteiger partial charge is 0.444 e. The van der Waals surface area contributed by atoms with E-state index in [9.17, 15) is 4.79 Å². The zero-order chi connectivity index (χ0) is 20.8. The van der Waals surface area contributed by atoms with Crippen LogP contribution < -0.4 is 5.73 Å². The van der Waals surface area contributed by atoms with Crippen LogP contribution in [0.4, 0.5) is 10.6 Å². The van der Waals surface area contributed by atoms with E-state index in [0.29, 0.717) is 31.0 Å². The summed E-state index contributed by atoms with van der Waals surface area (Å²) in [5.41, 5.74) is 9.12. The molecule has 4 heterocycles. The van der Waals surface area contributed by atoms with Crippen molar-refractivity contribution in [3.63, 3.8) is 0 Å². The average molecular weight is 462 g/mol. The van der Waals surface area contributed by atoms with Crippen molar-refractivity contribution in [1.29, 1.82) is 0 Å². The first kappa shape index (κ1) is 19.7. The van der Waals surface area contributed by atoms with Crippen molar-refractivity contribution in [2.24, 2.45) is 5.92 Å². The molecule has 1 fully saturated rings. The summed E-state index contributed by atoms with van der Waals surface area (Å²) in [5.74, 6) is 0.787. The molecule has 0 saturated carbocycles. The molecule has 1 unspecified atom stereocenters. The predicted octanol–water partition coefficient (Wildman–Crippen LogP) is 3.26. The van der Waals surface area contributed by atoms with Gasteiger partial charge in [0.2, 0.25) is 0 Å². The highest BCUT2D eigenvalue weighted by molar-refractivity contribution is 9.10. The Morgan fingerprint density at radius 2 is 2.21 bits per heavy atom. The Morgan fingerprint density at radius 1 is 1.41 bits per heavy atom. The van der Waals surface area contributed by atoms with E-state index in [4.69, 9.17) is 15.5 Å². The van der Waals surface area contributed by atoms with Crippen LogP contribution in [0.5, 0.6) is 0 Å². The zero-order valence-electron chi connectivity index (χ0n) is 16.6. The number of carbonyl (C=O) groups excluding carboxylic acids is 1. The molecule has 10 heteroatoms. The molecular formula is C19H24BrN7O2. The van der Waals surface area contributed by atoms with Gasteiger partial charge in [0.25, 0.3) is 0 Å². The van der Waals surface area contributed by atoms with Crippen LogP contribution in [0.2, 0.25) is 0 Å². The van der Waals surface area contributed by atoms with Gasteiger partial charge in [0.05, 0.1) is 22.6 Å². The van der Waals surface area contributed by atoms with Crippen LogP contribution in [0.15, 0.2) is 23.1 Å². The Hall–Kier alpha value is -2.62. The van der Waals surface area contributed by atoms with E-state index in [1.54, 1.807) is 28.0 Å². The second-order valence-electron chi connectivity index (χ2n) is 8.32. The summed E-state index contributed by atoms with van der Waals surface area (Å²) in [4.78, 5) is 18.9. The summed E-state index contributed by atoms with van der Waals surface area (Å²) < 4.78 is 7.85. The van der Waals surface area contributed by atoms with Crippen LogP contribution in [0.1, 0.15) is 32.9 Å². The van der Waals surface area contributed by atoms with Gasteiger partial charge >= 0.3 is 6.09 Å². The quantitative estimate of drug-likeness (QED) is 0.618. The number of nitrogens with two attached hydrogens (primary N) is 1. The number of nitrogens with one attached hydrogen (secondary N) is 1. The first-order chi connectivity index (χ1) is 13.7. The van der Waals surface area contributed by atoms with E-state index in [1.807, 2.05) is 20.8 Å². The van der Waals surface area contributed by atoms with Gasteiger partial charge in [-0.25, -0.2) is 9.78 Å². The summed E-state index contributed by atoms with van der Waals surface area (Å²) >= 11 is 3.58. The van der Waals surface area contributed by atoms with Gasteiger partial charge in [0.1, 0.15) is 11.4 Å². The molecule has 0 spiro atoms. The van der Waals surface area contributed by atoms with Gasteiger partial charge in [0, 0.05) is 30.4 Å². The topological polar surface area (TPSA) is 114 Å². The van der Waals surface area contributed by atoms with E-state index >= 15 is 0 Å². The molecule has 0 aromatic carbocycles. The third kappa shape index (κ3) is 3.93. The number of carbonyl (C=O) groups is 1. The number of H-pyrrole nitrogens is 1. The van der Waals surface area contributed by atoms with Crippen LogP contribution in [0, 0.1) is 5.92 Å². The molecule has 1 amide bonds. The fourth-order valence-electron chi connectivity index (χ4n) is 3.55. The standard InChI is InChI=1S/C19H24BrN7O2/c1-19(2,3)29-18(28)26-5-4-11(10-26)6-14-15(20)16(21)27-17(25-14)13(9-24-27)12-7-22-23-8-12/h7-9,11H,4-6,10,21H2,1-3H3,(H,22,23). The van der Waals surface area contributed by atoms with Gasteiger partial charge in [-0.05, 0) is 55.5 Å². The van der Waals surface area contributed by atoms with Crippen molar-refractivity contribution in [1.82, 2.24) is 29.7 Å². The number of anilines is 1. The number of fused-ring (bicyclic) bond motifs is 1. The van der Waals surface area contributed by atoms with Gasteiger partial charge in [-0.3, -0.25) is 5.10 Å². The Bertz CT molecular complexity index is 1040. The molecule has 0 radical (unpaired) electrons. The van der Waals surface area contributed by atoms with Crippen molar-refractivity contribution in [2.45, 2.75) is 39.2 Å². The molecule has 1 aliphatic heterocycles. The van der Waals surface area contributed by atoms with E-state index in [2.05, 4.69) is 31.2 Å². The predicted molar refractivity (Wildman–Crippen MR) is 112 cm³/mol. The molecule has 3 N–H and O–H groups in total. The first-order valence-electron chi connectivity index (χ1n) is 9.51. The molecule has 0 bridgehead atoms. The van der Waals surface area contributed by atoms with Crippen LogP contribution in [-0.4, -0.2) is 54.5 Å². The molecule has 1 saturated heterocycles. The SMILES string of the molecule is CC(C)(C)OC(=O)N1CCC(Cc2nc3c(-c4cn[nH]c4)cnn3c(N)c2Br)C1. The summed E-state index contributed by atoms with van der Waals surface area (Å²) in [6, 6.07) is 0. The lowest BCUT2D eigenvalue weighted by molar-refractivity contribution is 0.0288. The van der Waals surface area contributed by atoms with Crippen molar-refractivity contribution in [3.05, 3.63) is 28.8 Å². The van der Waals surface area contributed by atoms with Gasteiger partial charge < -0.3 is 15.4 Å². The fourth-order valence-corrected chi connectivity index (χ4v) is 3.96. The van der Waals surface area contributed by atoms with E-state index in [1.165, 1.54) is 0 Å². The lowest BCUT2D eigenvalue weighted by atomic mass is 10.0. The van der Waals surface area contributed by atoms with Gasteiger partial charge in [0.15, 0.2) is 5.65 Å². The number of likely N-dealkylation sites (tertiary alicyclic amines) is 1. The summed E-state index contributed by atoms with van der Waals surface area (Å²) in [6.07, 6.45) is 6.60. The number of aromatic amines is 1. The Kier molecular flexibility index (Phi) is 4.97. The van der Waals surface area contributed by atoms with E-state index in [0.717, 1.165) is 27.7 Å². The van der Waals surface area contributed by atoms with Gasteiger partial charge in [-0.2, -0.15) is 14.7 Å². The van der Waals surface area contributed by atoms with E-state index < -0.39 is 5.60 Å². The maximum Gasteiger partial charge on any atom is 0.410 e. The molecule has 0 aliphatic carbocycles. The smallest absolute Gasteiger partial charge is 0.410 e. The molecule has 1 atom stereocenters. The number of aromatic nitrogens is 5. The molecule has 154 valence electrons. The van der Waals surface area contributed by atoms with Crippen molar-refractivity contribution < 1.29 is 9.53 Å². The third-order valence-electron chi connectivity index (χ3n) is 4.92. The number of hydrogen-bond acceptors (Lipinski definition) is 6. The molecular weight excluding hydrogens is 438 g/mol. The second-order valence-corrected chi connectivity index (χ2v) is 9.12. The molecule has 3 aromatic rings. The number of ether oxygens (including phenoxy) is 1. The number of amides is 1. The minimum atomic E-state index is -0.495. The molecule has 9 nitrogen and oxygen atoms in total. The van der Waals surface area contributed by atoms with Crippen molar-refractivity contribution >= 4 is 33.5 Å². The maximum atomic E-state index is 12.3. The molecule has 3 aromatic heterocycles. The highest BCUT2D eigenvalue weighted by atomic mass is 79.9. The first-order valence-corrected chi connectivity index (χ1v) is 10.3. The summed E-state index contributed by atoms with van der Waals surface area (Å²) in [7, 11) is 0. The number of hydrogen-bond donors (Lipinski definition) is 2. The molecule has 4 rings (SSSR count). The van der Waals surface area contributed by atoms with Crippen LogP contribution >= 0.6 is 15.9 Å². The lowest BCUT2D eigenvalue weighted by Crippen LogP contribution is -2.35. The average Bonchev–Trinajstić information content (AvgIpc) is 3.37. The van der Waals surface area contributed by atoms with Crippen molar-refractivity contribution in [3.8, 4) is 11.1 Å². The number of nitrogen functional groups attached to an aromatic ring is 1. The Balaban J connectivity index is 1.56. The van der Waals surface area contributed by atoms with Gasteiger partial charge in [-0.1, -0.05) is 0 Å². The molecule has 1 aliphatic rings. The number of rotatable bonds is 3. The Labute approximate surface area is 176 Å². The van der Waals surface area contributed by atoms with Crippen LogP contribution in [0.3, 0.4) is 0 Å². The van der Waals surface area contributed by atoms with Gasteiger partial charge in [-0.15, -0.1) is 0 Å². The minimum absolute atomic E-state index is 0.264. The highest BCUT2D eigenvalue weighted by Gasteiger charge is 2.31. The monoisotopic (exact) mass is 461 g/mol. The van der Waals surface area contributed by atoms with Crippen molar-refractivity contribution in [2.75, 3.05) is 18.8 Å². The van der Waals surface area contributed by atoms with Crippen LogP contribution in [0.25, 0.3) is 16.8 Å². The summed E-state index contributed by atoms with van der Waals surface area (Å²) in [6.45, 7) is 6.95. The van der Waals surface area contributed by atoms with E-state index in [-0.39, 0.29) is 12.0 Å². The number of nitrogens with zero attached hydrogens (tertiary/aromatic N) is 5. The lowest BCUT2D eigenvalue weighted by Gasteiger charge is -2.24.